The number of allylic oxidation sites excluding steroid dienone is 5. The highest BCUT2D eigenvalue weighted by Crippen LogP contribution is 1.95. The third kappa shape index (κ3) is 3.84. The molecular weight excluding hydrogens is 124 g/mol. The van der Waals surface area contributed by atoms with Crippen LogP contribution in [0.2, 0.25) is 0 Å². The number of rotatable bonds is 3. The van der Waals surface area contributed by atoms with E-state index in [1.807, 2.05) is 19.9 Å². The monoisotopic (exact) mass is 136 g/mol. The molecule has 0 aromatic carbocycles. The van der Waals surface area contributed by atoms with Gasteiger partial charge in [-0.25, -0.2) is 0 Å². The minimum absolute atomic E-state index is 0.683. The summed E-state index contributed by atoms with van der Waals surface area (Å²) in [4.78, 5) is 10.2. The fourth-order valence-corrected chi connectivity index (χ4v) is 0.442. The minimum atomic E-state index is 0.683. The standard InChI is InChI=1S/C9H12O/c1-4-9(7-10)6-5-8(2)3/h4-7H,2H2,1,3H3/b6-5-,9-4+. The average Bonchev–Trinajstić information content (AvgIpc) is 1.90. The van der Waals surface area contributed by atoms with E-state index in [-0.39, 0.29) is 0 Å². The molecule has 0 saturated carbocycles. The van der Waals surface area contributed by atoms with E-state index in [0.29, 0.717) is 5.57 Å². The van der Waals surface area contributed by atoms with Crippen LogP contribution in [0, 0.1) is 0 Å². The molecule has 0 heterocycles. The number of carbonyl (C=O) groups excluding carboxylic acids is 1. The van der Waals surface area contributed by atoms with Gasteiger partial charge >= 0.3 is 0 Å². The molecule has 0 spiro atoms. The highest BCUT2D eigenvalue weighted by atomic mass is 16.1. The van der Waals surface area contributed by atoms with E-state index in [9.17, 15) is 4.79 Å². The minimum Gasteiger partial charge on any atom is -0.298 e. The number of hydrogen-bond donors (Lipinski definition) is 0. The van der Waals surface area contributed by atoms with E-state index in [0.717, 1.165) is 11.9 Å². The van der Waals surface area contributed by atoms with Crippen LogP contribution in [0.15, 0.2) is 36.0 Å². The van der Waals surface area contributed by atoms with Gasteiger partial charge in [-0.05, 0) is 13.8 Å². The van der Waals surface area contributed by atoms with Gasteiger partial charge in [0, 0.05) is 5.57 Å². The summed E-state index contributed by atoms with van der Waals surface area (Å²) in [6.45, 7) is 7.38. The molecule has 0 saturated heterocycles. The van der Waals surface area contributed by atoms with Gasteiger partial charge in [-0.1, -0.05) is 30.4 Å². The summed E-state index contributed by atoms with van der Waals surface area (Å²) in [7, 11) is 0. The Morgan fingerprint density at radius 1 is 1.40 bits per heavy atom. The van der Waals surface area contributed by atoms with Gasteiger partial charge in [0.15, 0.2) is 0 Å². The second-order valence-corrected chi connectivity index (χ2v) is 2.09. The molecule has 0 fully saturated rings. The predicted molar refractivity (Wildman–Crippen MR) is 43.8 cm³/mol. The van der Waals surface area contributed by atoms with Gasteiger partial charge in [0.25, 0.3) is 0 Å². The Balaban J connectivity index is 4.11. The lowest BCUT2D eigenvalue weighted by atomic mass is 10.2. The van der Waals surface area contributed by atoms with Gasteiger partial charge in [0.05, 0.1) is 0 Å². The highest BCUT2D eigenvalue weighted by molar-refractivity contribution is 5.77. The molecule has 0 atom stereocenters. The number of carbonyl (C=O) groups is 1. The Morgan fingerprint density at radius 2 is 2.00 bits per heavy atom. The molecule has 54 valence electrons. The molecule has 0 bridgehead atoms. The number of hydrogen-bond acceptors (Lipinski definition) is 1. The van der Waals surface area contributed by atoms with E-state index in [2.05, 4.69) is 6.58 Å². The Labute approximate surface area is 61.8 Å². The topological polar surface area (TPSA) is 17.1 Å². The van der Waals surface area contributed by atoms with Crippen molar-refractivity contribution in [3.63, 3.8) is 0 Å². The SMILES string of the molecule is C=C(C)/C=C\C(C=O)=C/C. The lowest BCUT2D eigenvalue weighted by Crippen LogP contribution is -1.76. The molecule has 10 heavy (non-hydrogen) atoms. The van der Waals surface area contributed by atoms with Crippen LogP contribution in [-0.4, -0.2) is 6.29 Å². The van der Waals surface area contributed by atoms with Crippen LogP contribution < -0.4 is 0 Å². The molecule has 0 aliphatic carbocycles. The van der Waals surface area contributed by atoms with E-state index in [1.54, 1.807) is 12.2 Å². The molecule has 1 heteroatoms. The van der Waals surface area contributed by atoms with E-state index < -0.39 is 0 Å². The second-order valence-electron chi connectivity index (χ2n) is 2.09. The summed E-state index contributed by atoms with van der Waals surface area (Å²) in [5.41, 5.74) is 1.63. The average molecular weight is 136 g/mol. The molecule has 0 aromatic heterocycles. The van der Waals surface area contributed by atoms with Crippen LogP contribution in [0.3, 0.4) is 0 Å². The van der Waals surface area contributed by atoms with Crippen molar-refractivity contribution in [2.24, 2.45) is 0 Å². The Kier molecular flexibility index (Phi) is 4.21. The van der Waals surface area contributed by atoms with Crippen LogP contribution in [0.1, 0.15) is 13.8 Å². The zero-order chi connectivity index (χ0) is 7.98. The molecule has 0 aliphatic rings. The largest absolute Gasteiger partial charge is 0.298 e. The van der Waals surface area contributed by atoms with Gasteiger partial charge in [0.2, 0.25) is 0 Å². The first-order chi connectivity index (χ1) is 4.70. The quantitative estimate of drug-likeness (QED) is 0.330. The lowest BCUT2D eigenvalue weighted by molar-refractivity contribution is -0.104. The molecule has 0 rings (SSSR count). The lowest BCUT2D eigenvalue weighted by Gasteiger charge is -1.86. The van der Waals surface area contributed by atoms with Crippen LogP contribution in [-0.2, 0) is 4.79 Å². The molecule has 1 nitrogen and oxygen atoms in total. The van der Waals surface area contributed by atoms with Crippen molar-refractivity contribution in [3.05, 3.63) is 36.0 Å². The Bertz CT molecular complexity index is 185. The summed E-state index contributed by atoms with van der Waals surface area (Å²) in [6.07, 6.45) is 6.13. The third-order valence-electron chi connectivity index (χ3n) is 1.03. The Morgan fingerprint density at radius 3 is 2.30 bits per heavy atom. The molecule has 0 N–H and O–H groups in total. The maximum atomic E-state index is 10.2. The molecule has 0 aromatic rings. The van der Waals surface area contributed by atoms with Gasteiger partial charge in [-0.2, -0.15) is 0 Å². The summed E-state index contributed by atoms with van der Waals surface area (Å²) < 4.78 is 0. The second kappa shape index (κ2) is 4.74. The highest BCUT2D eigenvalue weighted by Gasteiger charge is 1.82. The molecule has 0 amide bonds. The third-order valence-corrected chi connectivity index (χ3v) is 1.03. The smallest absolute Gasteiger partial charge is 0.149 e. The van der Waals surface area contributed by atoms with Crippen molar-refractivity contribution in [3.8, 4) is 0 Å². The summed E-state index contributed by atoms with van der Waals surface area (Å²) >= 11 is 0. The van der Waals surface area contributed by atoms with Crippen molar-refractivity contribution in [2.75, 3.05) is 0 Å². The zero-order valence-corrected chi connectivity index (χ0v) is 6.42. The molecule has 0 aliphatic heterocycles. The summed E-state index contributed by atoms with van der Waals surface area (Å²) in [6, 6.07) is 0. The fraction of sp³-hybridized carbons (Fsp3) is 0.222. The Hall–Kier alpha value is -1.11. The van der Waals surface area contributed by atoms with Crippen LogP contribution >= 0.6 is 0 Å². The van der Waals surface area contributed by atoms with Gasteiger partial charge < -0.3 is 0 Å². The van der Waals surface area contributed by atoms with E-state index in [4.69, 9.17) is 0 Å². The normalized spacial score (nSPS) is 12.0. The van der Waals surface area contributed by atoms with Gasteiger partial charge in [-0.3, -0.25) is 4.79 Å². The van der Waals surface area contributed by atoms with Crippen molar-refractivity contribution < 1.29 is 4.79 Å². The predicted octanol–water partition coefficient (Wildman–Crippen LogP) is 2.26. The first-order valence-corrected chi connectivity index (χ1v) is 3.15. The first-order valence-electron chi connectivity index (χ1n) is 3.15. The van der Waals surface area contributed by atoms with Crippen molar-refractivity contribution in [1.29, 1.82) is 0 Å². The molecule has 0 unspecified atom stereocenters. The van der Waals surface area contributed by atoms with Crippen LogP contribution in [0.25, 0.3) is 0 Å². The maximum absolute atomic E-state index is 10.2. The summed E-state index contributed by atoms with van der Waals surface area (Å²) in [5, 5.41) is 0. The zero-order valence-electron chi connectivity index (χ0n) is 6.42. The molecular formula is C9H12O. The first kappa shape index (κ1) is 8.89. The van der Waals surface area contributed by atoms with Crippen molar-refractivity contribution in [1.82, 2.24) is 0 Å². The van der Waals surface area contributed by atoms with Crippen molar-refractivity contribution >= 4 is 6.29 Å². The molecule has 0 radical (unpaired) electrons. The van der Waals surface area contributed by atoms with E-state index in [1.165, 1.54) is 0 Å². The number of aldehydes is 1. The van der Waals surface area contributed by atoms with E-state index >= 15 is 0 Å². The van der Waals surface area contributed by atoms with Gasteiger partial charge in [0.1, 0.15) is 6.29 Å². The maximum Gasteiger partial charge on any atom is 0.149 e. The van der Waals surface area contributed by atoms with Crippen LogP contribution in [0.4, 0.5) is 0 Å². The fourth-order valence-electron chi connectivity index (χ4n) is 0.442. The van der Waals surface area contributed by atoms with Crippen molar-refractivity contribution in [2.45, 2.75) is 13.8 Å². The summed E-state index contributed by atoms with van der Waals surface area (Å²) in [5.74, 6) is 0. The van der Waals surface area contributed by atoms with Crippen LogP contribution in [0.5, 0.6) is 0 Å². The van der Waals surface area contributed by atoms with Gasteiger partial charge in [-0.15, -0.1) is 0 Å².